The molecule has 2 heteroatoms. The van der Waals surface area contributed by atoms with Crippen LogP contribution in [0.3, 0.4) is 0 Å². The van der Waals surface area contributed by atoms with Gasteiger partial charge < -0.3 is 9.64 Å². The van der Waals surface area contributed by atoms with Gasteiger partial charge in [0.1, 0.15) is 11.5 Å². The van der Waals surface area contributed by atoms with Gasteiger partial charge in [0.25, 0.3) is 0 Å². The Bertz CT molecular complexity index is 3960. The van der Waals surface area contributed by atoms with Crippen molar-refractivity contribution < 1.29 is 4.74 Å². The van der Waals surface area contributed by atoms with Crippen molar-refractivity contribution in [3.63, 3.8) is 0 Å². The number of hydrogen-bond donors (Lipinski definition) is 0. The number of hydrogen-bond acceptors (Lipinski definition) is 2. The lowest BCUT2D eigenvalue weighted by Crippen LogP contribution is -2.26. The fraction of sp³-hybridized carbons (Fsp3) is 0.0588. The third-order valence-electron chi connectivity index (χ3n) is 16.1. The second-order valence-electron chi connectivity index (χ2n) is 19.9. The summed E-state index contributed by atoms with van der Waals surface area (Å²) in [5.41, 5.74) is 24.9. The maximum atomic E-state index is 7.45. The highest BCUT2D eigenvalue weighted by Gasteiger charge is 2.52. The Morgan fingerprint density at radius 1 is 0.329 bits per heavy atom. The number of anilines is 3. The van der Waals surface area contributed by atoms with Gasteiger partial charge in [-0.25, -0.2) is 0 Å². The first-order valence-electron chi connectivity index (χ1n) is 24.5. The molecule has 0 saturated heterocycles. The zero-order valence-electron chi connectivity index (χ0n) is 38.9. The maximum Gasteiger partial charge on any atom is 0.143 e. The van der Waals surface area contributed by atoms with Crippen molar-refractivity contribution in [3.05, 3.63) is 270 Å². The van der Waals surface area contributed by atoms with E-state index in [0.29, 0.717) is 0 Å². The Morgan fingerprint density at radius 2 is 0.800 bits per heavy atom. The Kier molecular flexibility index (Phi) is 8.08. The molecule has 70 heavy (non-hydrogen) atoms. The Balaban J connectivity index is 1.03. The van der Waals surface area contributed by atoms with E-state index < -0.39 is 5.41 Å². The molecule has 3 aliphatic carbocycles. The quantitative estimate of drug-likeness (QED) is 0.175. The van der Waals surface area contributed by atoms with E-state index in [1.165, 1.54) is 77.5 Å². The topological polar surface area (TPSA) is 12.5 Å². The number of nitrogens with zero attached hydrogens (tertiary/aromatic N) is 1. The normalized spacial score (nSPS) is 14.2. The minimum atomic E-state index is -0.500. The van der Waals surface area contributed by atoms with E-state index in [4.69, 9.17) is 4.74 Å². The number of para-hydroxylation sites is 1. The molecule has 11 aromatic carbocycles. The van der Waals surface area contributed by atoms with Gasteiger partial charge in [0.05, 0.1) is 11.1 Å². The van der Waals surface area contributed by atoms with Crippen LogP contribution in [0.15, 0.2) is 237 Å². The van der Waals surface area contributed by atoms with Crippen molar-refractivity contribution in [1.29, 1.82) is 0 Å². The summed E-state index contributed by atoms with van der Waals surface area (Å²) in [4.78, 5) is 2.53. The molecule has 0 N–H and O–H groups in total. The molecule has 1 heterocycles. The summed E-state index contributed by atoms with van der Waals surface area (Å²) in [5, 5.41) is 2.38. The fourth-order valence-corrected chi connectivity index (χ4v) is 13.0. The van der Waals surface area contributed by atoms with Gasteiger partial charge >= 0.3 is 0 Å². The maximum absolute atomic E-state index is 7.45. The van der Waals surface area contributed by atoms with E-state index >= 15 is 0 Å². The predicted octanol–water partition coefficient (Wildman–Crippen LogP) is 18.1. The average molecular weight is 892 g/mol. The summed E-state index contributed by atoms with van der Waals surface area (Å²) in [7, 11) is 0. The van der Waals surface area contributed by atoms with Gasteiger partial charge in [0, 0.05) is 33.5 Å². The van der Waals surface area contributed by atoms with Gasteiger partial charge in [0.2, 0.25) is 0 Å². The molecule has 0 unspecified atom stereocenters. The zero-order chi connectivity index (χ0) is 46.3. The minimum Gasteiger partial charge on any atom is -0.455 e. The smallest absolute Gasteiger partial charge is 0.143 e. The molecule has 0 radical (unpaired) electrons. The van der Waals surface area contributed by atoms with Crippen LogP contribution in [-0.4, -0.2) is 0 Å². The number of fused-ring (bicyclic) bond motifs is 19. The zero-order valence-corrected chi connectivity index (χ0v) is 38.9. The standard InChI is InChI=1S/C68H45NO/c1-67(2)57-28-12-8-22-48(57)52-36-34-45(40-61(52)67)69(46-35-37-53-51-25-11-15-31-60(51)68(62(53)41-46)58-29-13-9-23-49(58)50-24-10-14-30-59(50)68)63-32-17-33-64-65(63)56-39-44-21-7-6-20-43(44)38-55(56)54-27-16-26-47(66(54)70-64)42-18-4-3-5-19-42/h3-41H,1-2H3. The first-order chi connectivity index (χ1) is 34.5. The molecular weight excluding hydrogens is 847 g/mol. The van der Waals surface area contributed by atoms with Gasteiger partial charge in [-0.15, -0.1) is 0 Å². The first-order valence-corrected chi connectivity index (χ1v) is 24.5. The van der Waals surface area contributed by atoms with Gasteiger partial charge in [-0.1, -0.05) is 202 Å². The fourth-order valence-electron chi connectivity index (χ4n) is 13.0. The third-order valence-corrected chi connectivity index (χ3v) is 16.1. The molecule has 1 spiro atoms. The molecule has 11 aromatic rings. The summed E-state index contributed by atoms with van der Waals surface area (Å²) in [5.74, 6) is 1.68. The van der Waals surface area contributed by atoms with Gasteiger partial charge in [0.15, 0.2) is 0 Å². The second kappa shape index (κ2) is 14.4. The van der Waals surface area contributed by atoms with Gasteiger partial charge in [-0.3, -0.25) is 0 Å². The van der Waals surface area contributed by atoms with E-state index in [2.05, 4.69) is 255 Å². The average Bonchev–Trinajstić information content (AvgIpc) is 3.92. The van der Waals surface area contributed by atoms with E-state index in [-0.39, 0.29) is 5.41 Å². The molecule has 0 fully saturated rings. The number of ether oxygens (including phenoxy) is 1. The lowest BCUT2D eigenvalue weighted by Gasteiger charge is -2.33. The predicted molar refractivity (Wildman–Crippen MR) is 289 cm³/mol. The van der Waals surface area contributed by atoms with E-state index in [9.17, 15) is 0 Å². The summed E-state index contributed by atoms with van der Waals surface area (Å²) < 4.78 is 7.45. The lowest BCUT2D eigenvalue weighted by atomic mass is 9.70. The first kappa shape index (κ1) is 39.3. The largest absolute Gasteiger partial charge is 0.455 e. The SMILES string of the molecule is CC1(C)c2ccccc2-c2ccc(N(c3ccc4c(c3)C3(c5ccccc5-c5ccccc53)c3ccccc3-4)c3cccc4c3-c3cc5ccccc5cc3-c3cccc(-c5ccccc5)c3O4)cc21. The van der Waals surface area contributed by atoms with E-state index in [1.54, 1.807) is 0 Å². The van der Waals surface area contributed by atoms with Crippen LogP contribution < -0.4 is 9.64 Å². The minimum absolute atomic E-state index is 0.202. The van der Waals surface area contributed by atoms with Crippen molar-refractivity contribution >= 4 is 27.8 Å². The molecule has 0 amide bonds. The molecule has 2 nitrogen and oxygen atoms in total. The van der Waals surface area contributed by atoms with Crippen LogP contribution >= 0.6 is 0 Å². The Hall–Kier alpha value is -8.72. The highest BCUT2D eigenvalue weighted by Crippen LogP contribution is 2.64. The molecule has 15 rings (SSSR count). The lowest BCUT2D eigenvalue weighted by molar-refractivity contribution is 0.489. The highest BCUT2D eigenvalue weighted by atomic mass is 16.5. The van der Waals surface area contributed by atoms with Crippen LogP contribution in [0, 0.1) is 0 Å². The number of benzene rings is 11. The van der Waals surface area contributed by atoms with Gasteiger partial charge in [-0.2, -0.15) is 0 Å². The Labute approximate surface area is 408 Å². The second-order valence-corrected chi connectivity index (χ2v) is 19.9. The summed E-state index contributed by atoms with van der Waals surface area (Å²) in [6.45, 7) is 4.75. The number of rotatable bonds is 4. The molecule has 328 valence electrons. The van der Waals surface area contributed by atoms with Crippen molar-refractivity contribution in [3.8, 4) is 78.3 Å². The van der Waals surface area contributed by atoms with Crippen LogP contribution in [0.1, 0.15) is 47.2 Å². The van der Waals surface area contributed by atoms with Crippen molar-refractivity contribution in [1.82, 2.24) is 0 Å². The molecule has 0 bridgehead atoms. The van der Waals surface area contributed by atoms with Crippen LogP contribution in [0.4, 0.5) is 17.1 Å². The third kappa shape index (κ3) is 5.23. The molecule has 4 aliphatic rings. The summed E-state index contributed by atoms with van der Waals surface area (Å²) in [6.07, 6.45) is 0. The molecule has 1 aliphatic heterocycles. The van der Waals surface area contributed by atoms with E-state index in [1.807, 2.05) is 0 Å². The van der Waals surface area contributed by atoms with Crippen molar-refractivity contribution in [2.45, 2.75) is 24.7 Å². The summed E-state index contributed by atoms with van der Waals surface area (Å²) >= 11 is 0. The van der Waals surface area contributed by atoms with Gasteiger partial charge in [-0.05, 0) is 143 Å². The van der Waals surface area contributed by atoms with Crippen LogP contribution in [0.25, 0.3) is 77.5 Å². The monoisotopic (exact) mass is 891 g/mol. The van der Waals surface area contributed by atoms with E-state index in [0.717, 1.165) is 61.9 Å². The molecule has 0 atom stereocenters. The van der Waals surface area contributed by atoms with Crippen molar-refractivity contribution in [2.24, 2.45) is 0 Å². The van der Waals surface area contributed by atoms with Crippen LogP contribution in [-0.2, 0) is 10.8 Å². The molecular formula is C68H45NO. The van der Waals surface area contributed by atoms with Crippen LogP contribution in [0.5, 0.6) is 11.5 Å². The highest BCUT2D eigenvalue weighted by molar-refractivity contribution is 6.06. The molecule has 0 saturated carbocycles. The summed E-state index contributed by atoms with van der Waals surface area (Å²) in [6, 6.07) is 88.0. The molecule has 0 aromatic heterocycles. The van der Waals surface area contributed by atoms with Crippen molar-refractivity contribution in [2.75, 3.05) is 4.90 Å². The van der Waals surface area contributed by atoms with Crippen LogP contribution in [0.2, 0.25) is 0 Å². The Morgan fingerprint density at radius 3 is 1.44 bits per heavy atom.